The molecule has 1 N–H and O–H groups in total. The largest absolute Gasteiger partial charge is 0.373 e. The zero-order valence-corrected chi connectivity index (χ0v) is 14.8. The van der Waals surface area contributed by atoms with Gasteiger partial charge in [0, 0.05) is 49.6 Å². The molecule has 0 bridgehead atoms. The van der Waals surface area contributed by atoms with Gasteiger partial charge in [0.05, 0.1) is 16.8 Å². The van der Waals surface area contributed by atoms with E-state index >= 15 is 0 Å². The SMILES string of the molecule is Cc1ncsc1CN1CC[C@]2(C[C@H](Nc3ncccn3)CCO2)C1. The molecule has 2 aromatic rings. The van der Waals surface area contributed by atoms with Gasteiger partial charge in [0.2, 0.25) is 5.95 Å². The summed E-state index contributed by atoms with van der Waals surface area (Å²) in [6, 6.07) is 2.22. The predicted octanol–water partition coefficient (Wildman–Crippen LogP) is 2.48. The molecule has 0 saturated carbocycles. The Morgan fingerprint density at radius 2 is 2.25 bits per heavy atom. The van der Waals surface area contributed by atoms with Gasteiger partial charge in [-0.2, -0.15) is 0 Å². The van der Waals surface area contributed by atoms with Crippen LogP contribution in [-0.4, -0.2) is 51.2 Å². The lowest BCUT2D eigenvalue weighted by Crippen LogP contribution is -2.46. The van der Waals surface area contributed by atoms with Crippen LogP contribution in [0.3, 0.4) is 0 Å². The Balaban J connectivity index is 1.38. The Kier molecular flexibility index (Phi) is 4.47. The van der Waals surface area contributed by atoms with Crippen molar-refractivity contribution >= 4 is 17.3 Å². The molecule has 24 heavy (non-hydrogen) atoms. The Hall–Kier alpha value is -1.57. The summed E-state index contributed by atoms with van der Waals surface area (Å²) in [5, 5.41) is 3.47. The molecule has 6 nitrogen and oxygen atoms in total. The Bertz CT molecular complexity index is 679. The first-order valence-corrected chi connectivity index (χ1v) is 9.39. The van der Waals surface area contributed by atoms with Crippen molar-refractivity contribution < 1.29 is 4.74 Å². The lowest BCUT2D eigenvalue weighted by atomic mass is 9.89. The second kappa shape index (κ2) is 6.74. The van der Waals surface area contributed by atoms with E-state index < -0.39 is 0 Å². The van der Waals surface area contributed by atoms with E-state index in [2.05, 4.69) is 32.1 Å². The number of rotatable bonds is 4. The monoisotopic (exact) mass is 345 g/mol. The summed E-state index contributed by atoms with van der Waals surface area (Å²) in [6.45, 7) is 5.97. The fourth-order valence-corrected chi connectivity index (χ4v) is 4.55. The molecule has 0 unspecified atom stereocenters. The van der Waals surface area contributed by atoms with E-state index in [9.17, 15) is 0 Å². The molecule has 0 amide bonds. The van der Waals surface area contributed by atoms with Crippen LogP contribution in [0.2, 0.25) is 0 Å². The summed E-state index contributed by atoms with van der Waals surface area (Å²) in [4.78, 5) is 16.8. The molecular weight excluding hydrogens is 322 g/mol. The summed E-state index contributed by atoms with van der Waals surface area (Å²) in [5.74, 6) is 0.717. The number of hydrogen-bond donors (Lipinski definition) is 1. The molecule has 2 aromatic heterocycles. The first-order chi connectivity index (χ1) is 11.7. The summed E-state index contributed by atoms with van der Waals surface area (Å²) in [6.07, 6.45) is 6.67. The van der Waals surface area contributed by atoms with Gasteiger partial charge >= 0.3 is 0 Å². The first kappa shape index (κ1) is 15.9. The predicted molar refractivity (Wildman–Crippen MR) is 94.1 cm³/mol. The van der Waals surface area contributed by atoms with Crippen LogP contribution in [-0.2, 0) is 11.3 Å². The van der Waals surface area contributed by atoms with E-state index in [1.165, 1.54) is 4.88 Å². The second-order valence-electron chi connectivity index (χ2n) is 6.76. The zero-order chi connectivity index (χ0) is 16.4. The smallest absolute Gasteiger partial charge is 0.222 e. The molecule has 2 fully saturated rings. The number of nitrogens with zero attached hydrogens (tertiary/aromatic N) is 4. The quantitative estimate of drug-likeness (QED) is 0.918. The zero-order valence-electron chi connectivity index (χ0n) is 13.9. The molecular formula is C17H23N5OS. The molecule has 7 heteroatoms. The van der Waals surface area contributed by atoms with Gasteiger partial charge in [0.25, 0.3) is 0 Å². The van der Waals surface area contributed by atoms with Gasteiger partial charge in [0.1, 0.15) is 0 Å². The maximum Gasteiger partial charge on any atom is 0.222 e. The van der Waals surface area contributed by atoms with Crippen LogP contribution < -0.4 is 5.32 Å². The molecule has 2 aliphatic rings. The highest BCUT2D eigenvalue weighted by atomic mass is 32.1. The Labute approximate surface area is 146 Å². The van der Waals surface area contributed by atoms with Gasteiger partial charge in [-0.3, -0.25) is 4.90 Å². The van der Waals surface area contributed by atoms with Gasteiger partial charge in [-0.1, -0.05) is 0 Å². The van der Waals surface area contributed by atoms with E-state index in [1.54, 1.807) is 23.7 Å². The van der Waals surface area contributed by atoms with Gasteiger partial charge in [-0.25, -0.2) is 15.0 Å². The van der Waals surface area contributed by atoms with Crippen LogP contribution in [0, 0.1) is 6.92 Å². The number of ether oxygens (including phenoxy) is 1. The van der Waals surface area contributed by atoms with Crippen molar-refractivity contribution in [3.05, 3.63) is 34.5 Å². The average Bonchev–Trinajstić information content (AvgIpc) is 3.16. The standard InChI is InChI=1S/C17H23N5OS/c1-13-15(24-12-20-13)10-22-7-4-17(11-22)9-14(3-8-23-17)21-16-18-5-2-6-19-16/h2,5-6,12,14H,3-4,7-11H2,1H3,(H,18,19,21)/t14-,17+/m1/s1. The number of anilines is 1. The van der Waals surface area contributed by atoms with Gasteiger partial charge in [-0.05, 0) is 32.3 Å². The number of thiazole rings is 1. The third-order valence-corrected chi connectivity index (χ3v) is 5.92. The molecule has 4 heterocycles. The minimum Gasteiger partial charge on any atom is -0.373 e. The molecule has 0 aliphatic carbocycles. The topological polar surface area (TPSA) is 63.2 Å². The highest BCUT2D eigenvalue weighted by molar-refractivity contribution is 7.09. The first-order valence-electron chi connectivity index (χ1n) is 8.51. The molecule has 2 atom stereocenters. The highest BCUT2D eigenvalue weighted by Crippen LogP contribution is 2.36. The highest BCUT2D eigenvalue weighted by Gasteiger charge is 2.43. The molecule has 128 valence electrons. The number of likely N-dealkylation sites (tertiary alicyclic amines) is 1. The van der Waals surface area contributed by atoms with E-state index in [0.29, 0.717) is 6.04 Å². The number of nitrogens with one attached hydrogen (secondary N) is 1. The maximum absolute atomic E-state index is 6.24. The lowest BCUT2D eigenvalue weighted by molar-refractivity contribution is -0.0737. The fourth-order valence-electron chi connectivity index (χ4n) is 3.74. The van der Waals surface area contributed by atoms with Crippen LogP contribution in [0.4, 0.5) is 5.95 Å². The maximum atomic E-state index is 6.24. The molecule has 0 radical (unpaired) electrons. The number of aryl methyl sites for hydroxylation is 1. The minimum absolute atomic E-state index is 0.0245. The molecule has 0 aromatic carbocycles. The second-order valence-corrected chi connectivity index (χ2v) is 7.70. The third kappa shape index (κ3) is 3.43. The van der Waals surface area contributed by atoms with Gasteiger partial charge in [-0.15, -0.1) is 11.3 Å². The molecule has 1 spiro atoms. The Morgan fingerprint density at radius 3 is 3.04 bits per heavy atom. The lowest BCUT2D eigenvalue weighted by Gasteiger charge is -2.38. The van der Waals surface area contributed by atoms with E-state index in [-0.39, 0.29) is 5.60 Å². The van der Waals surface area contributed by atoms with Crippen LogP contribution in [0.25, 0.3) is 0 Å². The van der Waals surface area contributed by atoms with Crippen molar-refractivity contribution in [1.29, 1.82) is 0 Å². The minimum atomic E-state index is -0.0245. The normalized spacial score (nSPS) is 27.6. The summed E-state index contributed by atoms with van der Waals surface area (Å²) < 4.78 is 6.24. The van der Waals surface area contributed by atoms with Crippen LogP contribution in [0.15, 0.2) is 24.0 Å². The van der Waals surface area contributed by atoms with Gasteiger partial charge in [0.15, 0.2) is 0 Å². The number of aromatic nitrogens is 3. The summed E-state index contributed by atoms with van der Waals surface area (Å²) in [7, 11) is 0. The molecule has 4 rings (SSSR count). The Morgan fingerprint density at radius 1 is 1.38 bits per heavy atom. The van der Waals surface area contributed by atoms with Crippen molar-refractivity contribution in [1.82, 2.24) is 19.9 Å². The van der Waals surface area contributed by atoms with Crippen LogP contribution in [0.1, 0.15) is 29.8 Å². The molecule has 2 aliphatic heterocycles. The van der Waals surface area contributed by atoms with Crippen molar-refractivity contribution in [2.45, 2.75) is 44.4 Å². The average molecular weight is 345 g/mol. The van der Waals surface area contributed by atoms with Crippen molar-refractivity contribution in [3.63, 3.8) is 0 Å². The number of hydrogen-bond acceptors (Lipinski definition) is 7. The van der Waals surface area contributed by atoms with Crippen molar-refractivity contribution in [3.8, 4) is 0 Å². The summed E-state index contributed by atoms with van der Waals surface area (Å²) in [5.41, 5.74) is 3.07. The van der Waals surface area contributed by atoms with E-state index in [1.807, 2.05) is 11.6 Å². The van der Waals surface area contributed by atoms with Crippen molar-refractivity contribution in [2.75, 3.05) is 25.0 Å². The van der Waals surface area contributed by atoms with Gasteiger partial charge < -0.3 is 10.1 Å². The fraction of sp³-hybridized carbons (Fsp3) is 0.588. The van der Waals surface area contributed by atoms with Crippen LogP contribution in [0.5, 0.6) is 0 Å². The van der Waals surface area contributed by atoms with Crippen molar-refractivity contribution in [2.24, 2.45) is 0 Å². The van der Waals surface area contributed by atoms with E-state index in [4.69, 9.17) is 4.74 Å². The molecule has 2 saturated heterocycles. The van der Waals surface area contributed by atoms with E-state index in [0.717, 1.165) is 57.1 Å². The summed E-state index contributed by atoms with van der Waals surface area (Å²) >= 11 is 1.75. The van der Waals surface area contributed by atoms with Crippen LogP contribution >= 0.6 is 11.3 Å². The third-order valence-electron chi connectivity index (χ3n) is 5.00.